The van der Waals surface area contributed by atoms with Gasteiger partial charge in [0.2, 0.25) is 5.91 Å². The molecule has 0 bridgehead atoms. The molecule has 1 heterocycles. The van der Waals surface area contributed by atoms with Crippen molar-refractivity contribution in [3.05, 3.63) is 0 Å². The number of halogens is 3. The van der Waals surface area contributed by atoms with Gasteiger partial charge in [-0.1, -0.05) is 0 Å². The molecule has 1 unspecified atom stereocenters. The summed E-state index contributed by atoms with van der Waals surface area (Å²) in [5.41, 5.74) is 0. The van der Waals surface area contributed by atoms with Gasteiger partial charge in [0.05, 0.1) is 19.7 Å². The first-order chi connectivity index (χ1) is 8.42. The number of nitrogens with one attached hydrogen (secondary N) is 1. The van der Waals surface area contributed by atoms with Gasteiger partial charge in [-0.15, -0.1) is 0 Å². The average molecular weight is 268 g/mol. The number of hydrogen-bond acceptors (Lipinski definition) is 3. The number of rotatable bonds is 6. The number of hydrogen-bond donors (Lipinski definition) is 1. The second-order valence-corrected chi connectivity index (χ2v) is 4.38. The molecular formula is C11H19F3N2O2. The third-order valence-electron chi connectivity index (χ3n) is 2.84. The molecule has 1 saturated heterocycles. The Morgan fingerprint density at radius 2 is 2.22 bits per heavy atom. The Hall–Kier alpha value is -0.820. The monoisotopic (exact) mass is 268 g/mol. The highest BCUT2D eigenvalue weighted by Crippen LogP contribution is 2.14. The molecule has 1 N–H and O–H groups in total. The van der Waals surface area contributed by atoms with Crippen molar-refractivity contribution in [3.63, 3.8) is 0 Å². The molecule has 7 heteroatoms. The lowest BCUT2D eigenvalue weighted by Crippen LogP contribution is -2.42. The van der Waals surface area contributed by atoms with Crippen molar-refractivity contribution in [1.29, 1.82) is 0 Å². The van der Waals surface area contributed by atoms with Crippen LogP contribution in [0.3, 0.4) is 0 Å². The van der Waals surface area contributed by atoms with Gasteiger partial charge in [-0.05, 0) is 13.3 Å². The third-order valence-corrected chi connectivity index (χ3v) is 2.84. The quantitative estimate of drug-likeness (QED) is 0.782. The van der Waals surface area contributed by atoms with Crippen LogP contribution in [0.5, 0.6) is 0 Å². The van der Waals surface area contributed by atoms with Gasteiger partial charge in [-0.3, -0.25) is 4.79 Å². The molecular weight excluding hydrogens is 249 g/mol. The molecule has 0 aromatic heterocycles. The Morgan fingerprint density at radius 3 is 2.72 bits per heavy atom. The smallest absolute Gasteiger partial charge is 0.381 e. The van der Waals surface area contributed by atoms with Crippen LogP contribution < -0.4 is 5.32 Å². The predicted molar refractivity (Wildman–Crippen MR) is 60.1 cm³/mol. The van der Waals surface area contributed by atoms with Gasteiger partial charge in [0.25, 0.3) is 0 Å². The number of ether oxygens (including phenoxy) is 1. The number of carbonyl (C=O) groups is 1. The van der Waals surface area contributed by atoms with Crippen molar-refractivity contribution >= 4 is 5.91 Å². The fraction of sp³-hybridized carbons (Fsp3) is 0.909. The first-order valence-corrected chi connectivity index (χ1v) is 6.05. The highest BCUT2D eigenvalue weighted by atomic mass is 19.4. The first kappa shape index (κ1) is 15.2. The first-order valence-electron chi connectivity index (χ1n) is 6.05. The summed E-state index contributed by atoms with van der Waals surface area (Å²) in [4.78, 5) is 13.3. The van der Waals surface area contributed by atoms with Crippen LogP contribution in [0.25, 0.3) is 0 Å². The van der Waals surface area contributed by atoms with E-state index in [4.69, 9.17) is 4.74 Å². The van der Waals surface area contributed by atoms with E-state index in [0.717, 1.165) is 6.42 Å². The Labute approximate surface area is 104 Å². The van der Waals surface area contributed by atoms with Crippen molar-refractivity contribution in [1.82, 2.24) is 10.2 Å². The van der Waals surface area contributed by atoms with E-state index < -0.39 is 12.7 Å². The van der Waals surface area contributed by atoms with Crippen molar-refractivity contribution < 1.29 is 22.7 Å². The van der Waals surface area contributed by atoms with E-state index in [1.54, 1.807) is 4.90 Å². The fourth-order valence-corrected chi connectivity index (χ4v) is 1.87. The average Bonchev–Trinajstić information content (AvgIpc) is 2.76. The van der Waals surface area contributed by atoms with E-state index in [0.29, 0.717) is 32.2 Å². The van der Waals surface area contributed by atoms with Gasteiger partial charge in [0.15, 0.2) is 0 Å². The topological polar surface area (TPSA) is 41.6 Å². The summed E-state index contributed by atoms with van der Waals surface area (Å²) < 4.78 is 40.9. The Kier molecular flexibility index (Phi) is 5.87. The zero-order chi connectivity index (χ0) is 13.6. The summed E-state index contributed by atoms with van der Waals surface area (Å²) in [6.45, 7) is 2.79. The maximum Gasteiger partial charge on any atom is 0.401 e. The lowest BCUT2D eigenvalue weighted by atomic mass is 10.1. The maximum absolute atomic E-state index is 11.9. The molecule has 1 aliphatic rings. The van der Waals surface area contributed by atoms with E-state index >= 15 is 0 Å². The van der Waals surface area contributed by atoms with Gasteiger partial charge in [-0.25, -0.2) is 0 Å². The normalized spacial score (nSPS) is 20.1. The van der Waals surface area contributed by atoms with Crippen molar-refractivity contribution in [2.24, 2.45) is 5.92 Å². The van der Waals surface area contributed by atoms with Gasteiger partial charge >= 0.3 is 6.18 Å². The van der Waals surface area contributed by atoms with Gasteiger partial charge in [0, 0.05) is 25.6 Å². The minimum absolute atomic E-state index is 0.277. The second kappa shape index (κ2) is 6.94. The molecule has 1 atom stereocenters. The van der Waals surface area contributed by atoms with Crippen LogP contribution in [-0.2, 0) is 9.53 Å². The number of amides is 1. The van der Waals surface area contributed by atoms with Crippen LogP contribution >= 0.6 is 0 Å². The molecule has 106 valence electrons. The maximum atomic E-state index is 11.9. The molecule has 1 rings (SSSR count). The third kappa shape index (κ3) is 5.68. The Morgan fingerprint density at radius 1 is 1.50 bits per heavy atom. The minimum atomic E-state index is -4.28. The summed E-state index contributed by atoms with van der Waals surface area (Å²) in [6, 6.07) is 0. The Bertz CT molecular complexity index is 266. The number of carbonyl (C=O) groups excluding carboxylic acids is 1. The van der Waals surface area contributed by atoms with E-state index in [9.17, 15) is 18.0 Å². The zero-order valence-corrected chi connectivity index (χ0v) is 10.4. The van der Waals surface area contributed by atoms with E-state index in [-0.39, 0.29) is 12.5 Å². The zero-order valence-electron chi connectivity index (χ0n) is 10.4. The van der Waals surface area contributed by atoms with Gasteiger partial charge in [0.1, 0.15) is 0 Å². The molecule has 0 aromatic carbocycles. The predicted octanol–water partition coefficient (Wildman–Crippen LogP) is 1.02. The van der Waals surface area contributed by atoms with E-state index in [2.05, 4.69) is 5.32 Å². The molecule has 0 saturated carbocycles. The molecule has 0 aliphatic carbocycles. The van der Waals surface area contributed by atoms with Crippen molar-refractivity contribution in [2.45, 2.75) is 19.5 Å². The van der Waals surface area contributed by atoms with Crippen LogP contribution in [-0.4, -0.2) is 56.4 Å². The van der Waals surface area contributed by atoms with Crippen LogP contribution in [0.2, 0.25) is 0 Å². The van der Waals surface area contributed by atoms with Crippen LogP contribution in [0, 0.1) is 5.92 Å². The van der Waals surface area contributed by atoms with Crippen LogP contribution in [0.15, 0.2) is 0 Å². The van der Waals surface area contributed by atoms with Gasteiger partial charge < -0.3 is 15.0 Å². The SMILES string of the molecule is CCN(CC1CCOC1)C(=O)CNCC(F)(F)F. The van der Waals surface area contributed by atoms with Crippen LogP contribution in [0.1, 0.15) is 13.3 Å². The fourth-order valence-electron chi connectivity index (χ4n) is 1.87. The minimum Gasteiger partial charge on any atom is -0.381 e. The second-order valence-electron chi connectivity index (χ2n) is 4.38. The number of alkyl halides is 3. The summed E-state index contributed by atoms with van der Waals surface area (Å²) >= 11 is 0. The largest absolute Gasteiger partial charge is 0.401 e. The highest BCUT2D eigenvalue weighted by molar-refractivity contribution is 5.78. The molecule has 1 amide bonds. The molecule has 1 fully saturated rings. The highest BCUT2D eigenvalue weighted by Gasteiger charge is 2.27. The number of nitrogens with zero attached hydrogens (tertiary/aromatic N) is 1. The van der Waals surface area contributed by atoms with Gasteiger partial charge in [-0.2, -0.15) is 13.2 Å². The summed E-state index contributed by atoms with van der Waals surface area (Å²) in [5, 5.41) is 2.12. The molecule has 0 radical (unpaired) electrons. The van der Waals surface area contributed by atoms with Crippen molar-refractivity contribution in [3.8, 4) is 0 Å². The molecule has 18 heavy (non-hydrogen) atoms. The molecule has 1 aliphatic heterocycles. The Balaban J connectivity index is 2.28. The lowest BCUT2D eigenvalue weighted by molar-refractivity contribution is -0.134. The summed E-state index contributed by atoms with van der Waals surface area (Å²) in [6.07, 6.45) is -3.38. The number of likely N-dealkylation sites (N-methyl/N-ethyl adjacent to an activating group) is 1. The summed E-state index contributed by atoms with van der Waals surface area (Å²) in [5.74, 6) is 0.00478. The molecule has 0 aromatic rings. The van der Waals surface area contributed by atoms with Crippen molar-refractivity contribution in [2.75, 3.05) is 39.4 Å². The van der Waals surface area contributed by atoms with E-state index in [1.807, 2.05) is 6.92 Å². The lowest BCUT2D eigenvalue weighted by Gasteiger charge is -2.24. The summed E-state index contributed by atoms with van der Waals surface area (Å²) in [7, 11) is 0. The van der Waals surface area contributed by atoms with Crippen LogP contribution in [0.4, 0.5) is 13.2 Å². The standard InChI is InChI=1S/C11H19F3N2O2/c1-2-16(6-9-3-4-18-7-9)10(17)5-15-8-11(12,13)14/h9,15H,2-8H2,1H3. The molecule has 4 nitrogen and oxygen atoms in total. The van der Waals surface area contributed by atoms with E-state index in [1.165, 1.54) is 0 Å². The molecule has 0 spiro atoms.